The SMILES string of the molecule is O=C(O)c1ccc(NCCc2ncon2)c(Cl)c1. The summed E-state index contributed by atoms with van der Waals surface area (Å²) in [6, 6.07) is 4.52. The summed E-state index contributed by atoms with van der Waals surface area (Å²) in [5.74, 6) is -0.406. The van der Waals surface area contributed by atoms with Crippen LogP contribution in [0.3, 0.4) is 0 Å². The number of nitrogens with one attached hydrogen (secondary N) is 1. The van der Waals surface area contributed by atoms with Gasteiger partial charge in [0.15, 0.2) is 5.82 Å². The summed E-state index contributed by atoms with van der Waals surface area (Å²) in [5.41, 5.74) is 0.828. The first kappa shape index (κ1) is 12.4. The molecule has 94 valence electrons. The zero-order valence-corrected chi connectivity index (χ0v) is 10.0. The predicted octanol–water partition coefficient (Wildman–Crippen LogP) is 2.08. The minimum atomic E-state index is -1.00. The first-order valence-corrected chi connectivity index (χ1v) is 5.56. The van der Waals surface area contributed by atoms with Gasteiger partial charge in [0.2, 0.25) is 6.39 Å². The Balaban J connectivity index is 1.95. The largest absolute Gasteiger partial charge is 0.478 e. The van der Waals surface area contributed by atoms with Crippen molar-refractivity contribution in [3.8, 4) is 0 Å². The normalized spacial score (nSPS) is 10.3. The highest BCUT2D eigenvalue weighted by atomic mass is 35.5. The van der Waals surface area contributed by atoms with Crippen LogP contribution in [0, 0.1) is 0 Å². The second-order valence-electron chi connectivity index (χ2n) is 3.52. The second kappa shape index (κ2) is 5.50. The quantitative estimate of drug-likeness (QED) is 0.862. The fraction of sp³-hybridized carbons (Fsp3) is 0.182. The van der Waals surface area contributed by atoms with Gasteiger partial charge >= 0.3 is 5.97 Å². The van der Waals surface area contributed by atoms with Crippen molar-refractivity contribution in [2.75, 3.05) is 11.9 Å². The van der Waals surface area contributed by atoms with Crippen LogP contribution in [0.25, 0.3) is 0 Å². The van der Waals surface area contributed by atoms with Gasteiger partial charge in [0.05, 0.1) is 16.3 Å². The van der Waals surface area contributed by atoms with Crippen molar-refractivity contribution in [2.24, 2.45) is 0 Å². The van der Waals surface area contributed by atoms with Crippen molar-refractivity contribution >= 4 is 23.3 Å². The molecule has 18 heavy (non-hydrogen) atoms. The van der Waals surface area contributed by atoms with E-state index in [4.69, 9.17) is 16.7 Å². The number of anilines is 1. The van der Waals surface area contributed by atoms with Gasteiger partial charge in [0.1, 0.15) is 0 Å². The molecular formula is C11H10ClN3O3. The van der Waals surface area contributed by atoms with Crippen LogP contribution in [0.4, 0.5) is 5.69 Å². The third-order valence-electron chi connectivity index (χ3n) is 2.29. The van der Waals surface area contributed by atoms with E-state index in [1.807, 2.05) is 0 Å². The van der Waals surface area contributed by atoms with Gasteiger partial charge < -0.3 is 14.9 Å². The number of hydrogen-bond donors (Lipinski definition) is 2. The van der Waals surface area contributed by atoms with E-state index in [1.54, 1.807) is 6.07 Å². The number of aromatic carboxylic acids is 1. The van der Waals surface area contributed by atoms with Crippen molar-refractivity contribution in [3.05, 3.63) is 41.0 Å². The highest BCUT2D eigenvalue weighted by molar-refractivity contribution is 6.33. The van der Waals surface area contributed by atoms with Crippen LogP contribution < -0.4 is 5.32 Å². The monoisotopic (exact) mass is 267 g/mol. The number of carbonyl (C=O) groups is 1. The van der Waals surface area contributed by atoms with E-state index in [2.05, 4.69) is 20.0 Å². The maximum atomic E-state index is 10.7. The predicted molar refractivity (Wildman–Crippen MR) is 64.9 cm³/mol. The standard InChI is InChI=1S/C11H10ClN3O3/c12-8-5-7(11(16)17)1-2-9(8)13-4-3-10-14-6-18-15-10/h1-2,5-6,13H,3-4H2,(H,16,17). The molecule has 0 saturated heterocycles. The molecular weight excluding hydrogens is 258 g/mol. The molecule has 0 atom stereocenters. The molecule has 2 rings (SSSR count). The van der Waals surface area contributed by atoms with Crippen LogP contribution in [0.5, 0.6) is 0 Å². The number of carboxylic acid groups (broad SMARTS) is 1. The fourth-order valence-corrected chi connectivity index (χ4v) is 1.65. The van der Waals surface area contributed by atoms with Gasteiger partial charge in [-0.1, -0.05) is 16.8 Å². The van der Waals surface area contributed by atoms with Crippen LogP contribution in [-0.2, 0) is 6.42 Å². The Bertz CT molecular complexity index is 542. The van der Waals surface area contributed by atoms with E-state index in [0.717, 1.165) is 0 Å². The van der Waals surface area contributed by atoms with E-state index in [-0.39, 0.29) is 5.56 Å². The van der Waals surface area contributed by atoms with E-state index in [9.17, 15) is 4.79 Å². The van der Waals surface area contributed by atoms with Crippen molar-refractivity contribution in [1.82, 2.24) is 10.1 Å². The molecule has 6 nitrogen and oxygen atoms in total. The molecule has 0 aliphatic heterocycles. The van der Waals surface area contributed by atoms with Gasteiger partial charge in [0.25, 0.3) is 0 Å². The molecule has 0 bridgehead atoms. The Hall–Kier alpha value is -2.08. The lowest BCUT2D eigenvalue weighted by molar-refractivity contribution is 0.0697. The lowest BCUT2D eigenvalue weighted by Gasteiger charge is -2.07. The summed E-state index contributed by atoms with van der Waals surface area (Å²) in [5, 5.41) is 15.9. The zero-order chi connectivity index (χ0) is 13.0. The Kier molecular flexibility index (Phi) is 3.78. The maximum Gasteiger partial charge on any atom is 0.335 e. The molecule has 2 N–H and O–H groups in total. The number of nitrogens with zero attached hydrogens (tertiary/aromatic N) is 2. The lowest BCUT2D eigenvalue weighted by Crippen LogP contribution is -2.07. The summed E-state index contributed by atoms with van der Waals surface area (Å²) >= 11 is 5.96. The number of benzene rings is 1. The Morgan fingerprint density at radius 1 is 1.50 bits per heavy atom. The van der Waals surface area contributed by atoms with E-state index in [1.165, 1.54) is 18.5 Å². The van der Waals surface area contributed by atoms with Gasteiger partial charge in [-0.2, -0.15) is 4.98 Å². The Morgan fingerprint density at radius 3 is 2.94 bits per heavy atom. The molecule has 7 heteroatoms. The second-order valence-corrected chi connectivity index (χ2v) is 3.93. The number of halogens is 1. The number of hydrogen-bond acceptors (Lipinski definition) is 5. The van der Waals surface area contributed by atoms with Crippen molar-refractivity contribution in [1.29, 1.82) is 0 Å². The average Bonchev–Trinajstić information content (AvgIpc) is 2.84. The molecule has 2 aromatic rings. The highest BCUT2D eigenvalue weighted by Crippen LogP contribution is 2.22. The molecule has 1 aromatic carbocycles. The summed E-state index contributed by atoms with van der Waals surface area (Å²) in [6.45, 7) is 0.575. The van der Waals surface area contributed by atoms with Crippen LogP contribution in [-0.4, -0.2) is 27.8 Å². The molecule has 0 spiro atoms. The van der Waals surface area contributed by atoms with Crippen LogP contribution >= 0.6 is 11.6 Å². The fourth-order valence-electron chi connectivity index (χ4n) is 1.40. The maximum absolute atomic E-state index is 10.7. The minimum Gasteiger partial charge on any atom is -0.478 e. The van der Waals surface area contributed by atoms with Crippen molar-refractivity contribution in [2.45, 2.75) is 6.42 Å². The molecule has 0 saturated carbocycles. The summed E-state index contributed by atoms with van der Waals surface area (Å²) in [7, 11) is 0. The third kappa shape index (κ3) is 2.98. The Labute approximate surface area is 108 Å². The Morgan fingerprint density at radius 2 is 2.33 bits per heavy atom. The van der Waals surface area contributed by atoms with Crippen LogP contribution in [0.2, 0.25) is 5.02 Å². The first-order valence-electron chi connectivity index (χ1n) is 5.19. The van der Waals surface area contributed by atoms with Gasteiger partial charge in [0, 0.05) is 13.0 Å². The summed E-state index contributed by atoms with van der Waals surface area (Å²) in [6.07, 6.45) is 1.86. The molecule has 0 radical (unpaired) electrons. The first-order chi connectivity index (χ1) is 8.66. The van der Waals surface area contributed by atoms with Crippen LogP contribution in [0.1, 0.15) is 16.2 Å². The minimum absolute atomic E-state index is 0.156. The molecule has 0 aliphatic carbocycles. The third-order valence-corrected chi connectivity index (χ3v) is 2.60. The van der Waals surface area contributed by atoms with Gasteiger partial charge in [-0.3, -0.25) is 0 Å². The average molecular weight is 268 g/mol. The number of carboxylic acids is 1. The van der Waals surface area contributed by atoms with E-state index < -0.39 is 5.97 Å². The lowest BCUT2D eigenvalue weighted by atomic mass is 10.2. The van der Waals surface area contributed by atoms with Gasteiger partial charge in [-0.25, -0.2) is 4.79 Å². The molecule has 0 amide bonds. The van der Waals surface area contributed by atoms with Crippen molar-refractivity contribution in [3.63, 3.8) is 0 Å². The topological polar surface area (TPSA) is 88.2 Å². The van der Waals surface area contributed by atoms with E-state index in [0.29, 0.717) is 29.5 Å². The molecule has 0 unspecified atom stereocenters. The molecule has 0 fully saturated rings. The van der Waals surface area contributed by atoms with Gasteiger partial charge in [-0.05, 0) is 18.2 Å². The molecule has 1 heterocycles. The summed E-state index contributed by atoms with van der Waals surface area (Å²) < 4.78 is 4.60. The zero-order valence-electron chi connectivity index (χ0n) is 9.26. The van der Waals surface area contributed by atoms with Gasteiger partial charge in [-0.15, -0.1) is 0 Å². The van der Waals surface area contributed by atoms with Crippen molar-refractivity contribution < 1.29 is 14.4 Å². The smallest absolute Gasteiger partial charge is 0.335 e. The number of aromatic nitrogens is 2. The van der Waals surface area contributed by atoms with Crippen LogP contribution in [0.15, 0.2) is 29.1 Å². The highest BCUT2D eigenvalue weighted by Gasteiger charge is 2.07. The molecule has 1 aromatic heterocycles. The summed E-state index contributed by atoms with van der Waals surface area (Å²) in [4.78, 5) is 14.6. The van der Waals surface area contributed by atoms with E-state index >= 15 is 0 Å². The number of rotatable bonds is 5. The molecule has 0 aliphatic rings.